The van der Waals surface area contributed by atoms with Crippen LogP contribution in [0.4, 0.5) is 10.1 Å². The highest BCUT2D eigenvalue weighted by molar-refractivity contribution is 6.37. The van der Waals surface area contributed by atoms with Crippen molar-refractivity contribution >= 4 is 22.5 Å². The number of fused-ring (bicyclic) bond motifs is 1. The Balaban J connectivity index is 1.57. The number of likely N-dealkylation sites (tertiary alicyclic amines) is 1. The molecule has 36 heavy (non-hydrogen) atoms. The SMILES string of the molecule is COc1ccc2c(c1)CCCC(c1ccccc1C)=C2C(=N)c1ccc(CN2CC(CF)C2)cc1N. The van der Waals surface area contributed by atoms with Gasteiger partial charge < -0.3 is 10.5 Å². The number of allylic oxidation sites excluding steroid dienone is 2. The minimum atomic E-state index is -0.250. The minimum Gasteiger partial charge on any atom is -0.497 e. The molecule has 2 aliphatic rings. The molecule has 1 fully saturated rings. The number of ether oxygens (including phenoxy) is 1. The summed E-state index contributed by atoms with van der Waals surface area (Å²) in [5.74, 6) is 0.999. The molecule has 1 aliphatic carbocycles. The van der Waals surface area contributed by atoms with E-state index in [-0.39, 0.29) is 12.6 Å². The molecule has 4 nitrogen and oxygen atoms in total. The Kier molecular flexibility index (Phi) is 6.92. The number of aryl methyl sites for hydroxylation is 2. The van der Waals surface area contributed by atoms with E-state index < -0.39 is 0 Å². The second kappa shape index (κ2) is 10.3. The second-order valence-corrected chi connectivity index (χ2v) is 10.1. The Bertz CT molecular complexity index is 1320. The summed E-state index contributed by atoms with van der Waals surface area (Å²) in [6.45, 7) is 4.23. The Morgan fingerprint density at radius 2 is 1.86 bits per heavy atom. The van der Waals surface area contributed by atoms with Crippen LogP contribution in [0.15, 0.2) is 60.7 Å². The molecule has 5 heteroatoms. The molecule has 3 aromatic rings. The van der Waals surface area contributed by atoms with Gasteiger partial charge in [-0.15, -0.1) is 0 Å². The van der Waals surface area contributed by atoms with Gasteiger partial charge >= 0.3 is 0 Å². The van der Waals surface area contributed by atoms with Crippen molar-refractivity contribution in [2.75, 3.05) is 32.6 Å². The van der Waals surface area contributed by atoms with E-state index in [4.69, 9.17) is 10.5 Å². The molecule has 0 spiro atoms. The monoisotopic (exact) mass is 483 g/mol. The van der Waals surface area contributed by atoms with E-state index in [9.17, 15) is 9.80 Å². The van der Waals surface area contributed by atoms with Gasteiger partial charge in [0.2, 0.25) is 0 Å². The predicted molar refractivity (Wildman–Crippen MR) is 146 cm³/mol. The molecule has 0 bridgehead atoms. The molecular weight excluding hydrogens is 449 g/mol. The van der Waals surface area contributed by atoms with Crippen LogP contribution in [0.3, 0.4) is 0 Å². The average molecular weight is 484 g/mol. The Hall–Kier alpha value is -3.44. The van der Waals surface area contributed by atoms with Crippen LogP contribution in [0, 0.1) is 18.3 Å². The van der Waals surface area contributed by atoms with Gasteiger partial charge in [-0.05, 0) is 77.8 Å². The van der Waals surface area contributed by atoms with Gasteiger partial charge in [0.1, 0.15) is 5.75 Å². The van der Waals surface area contributed by atoms with E-state index in [0.717, 1.165) is 66.9 Å². The maximum Gasteiger partial charge on any atom is 0.119 e. The number of alkyl halides is 1. The first-order valence-electron chi connectivity index (χ1n) is 12.7. The summed E-state index contributed by atoms with van der Waals surface area (Å²) in [5.41, 5.74) is 16.3. The van der Waals surface area contributed by atoms with Crippen LogP contribution in [0.1, 0.15) is 46.2 Å². The zero-order valence-electron chi connectivity index (χ0n) is 21.1. The summed E-state index contributed by atoms with van der Waals surface area (Å²) in [7, 11) is 1.69. The zero-order chi connectivity index (χ0) is 25.2. The average Bonchev–Trinajstić information content (AvgIpc) is 3.05. The summed E-state index contributed by atoms with van der Waals surface area (Å²) in [4.78, 5) is 2.23. The summed E-state index contributed by atoms with van der Waals surface area (Å²) in [5, 5.41) is 9.43. The predicted octanol–water partition coefficient (Wildman–Crippen LogP) is 6.30. The number of hydrogen-bond donors (Lipinski definition) is 2. The molecule has 0 saturated carbocycles. The molecule has 3 aromatic carbocycles. The summed E-state index contributed by atoms with van der Waals surface area (Å²) < 4.78 is 18.3. The number of nitrogens with two attached hydrogens (primary N) is 1. The fourth-order valence-electron chi connectivity index (χ4n) is 5.59. The van der Waals surface area contributed by atoms with Crippen molar-refractivity contribution in [1.29, 1.82) is 5.41 Å². The molecule has 0 atom stereocenters. The number of hydrogen-bond acceptors (Lipinski definition) is 4. The lowest BCUT2D eigenvalue weighted by Gasteiger charge is -2.37. The van der Waals surface area contributed by atoms with E-state index in [1.807, 2.05) is 18.2 Å². The molecule has 1 aliphatic heterocycles. The van der Waals surface area contributed by atoms with Crippen LogP contribution < -0.4 is 10.5 Å². The highest BCUT2D eigenvalue weighted by Gasteiger charge is 2.27. The zero-order valence-corrected chi connectivity index (χ0v) is 21.1. The molecule has 0 amide bonds. The van der Waals surface area contributed by atoms with E-state index in [0.29, 0.717) is 11.4 Å². The van der Waals surface area contributed by atoms with Gasteiger partial charge in [-0.1, -0.05) is 42.5 Å². The number of nitrogen functional groups attached to an aromatic ring is 1. The first-order valence-corrected chi connectivity index (χ1v) is 12.7. The van der Waals surface area contributed by atoms with E-state index in [1.54, 1.807) is 7.11 Å². The highest BCUT2D eigenvalue weighted by Crippen LogP contribution is 2.40. The van der Waals surface area contributed by atoms with E-state index in [1.165, 1.54) is 22.3 Å². The van der Waals surface area contributed by atoms with Gasteiger partial charge in [0.05, 0.1) is 19.5 Å². The Morgan fingerprint density at radius 1 is 1.06 bits per heavy atom. The number of rotatable bonds is 7. The number of anilines is 1. The lowest BCUT2D eigenvalue weighted by Crippen LogP contribution is -2.46. The third kappa shape index (κ3) is 4.68. The summed E-state index contributed by atoms with van der Waals surface area (Å²) in [6.07, 6.45) is 2.83. The molecule has 5 rings (SSSR count). The van der Waals surface area contributed by atoms with Gasteiger partial charge in [-0.3, -0.25) is 14.7 Å². The van der Waals surface area contributed by atoms with Gasteiger partial charge in [0.25, 0.3) is 0 Å². The lowest BCUT2D eigenvalue weighted by atomic mass is 9.85. The molecule has 3 N–H and O–H groups in total. The molecule has 186 valence electrons. The van der Waals surface area contributed by atoms with Crippen molar-refractivity contribution < 1.29 is 9.13 Å². The molecule has 1 saturated heterocycles. The third-order valence-corrected chi connectivity index (χ3v) is 7.52. The van der Waals surface area contributed by atoms with Gasteiger partial charge in [-0.2, -0.15) is 0 Å². The van der Waals surface area contributed by atoms with Gasteiger partial charge in [0.15, 0.2) is 0 Å². The Morgan fingerprint density at radius 3 is 2.58 bits per heavy atom. The molecular formula is C31H34FN3O. The van der Waals surface area contributed by atoms with Crippen LogP contribution in [0.2, 0.25) is 0 Å². The smallest absolute Gasteiger partial charge is 0.119 e. The van der Waals surface area contributed by atoms with Crippen molar-refractivity contribution in [3.05, 3.63) is 94.0 Å². The first-order chi connectivity index (χ1) is 17.5. The van der Waals surface area contributed by atoms with Crippen LogP contribution in [-0.2, 0) is 13.0 Å². The van der Waals surface area contributed by atoms with Crippen molar-refractivity contribution in [3.8, 4) is 5.75 Å². The van der Waals surface area contributed by atoms with E-state index in [2.05, 4.69) is 54.3 Å². The molecule has 0 unspecified atom stereocenters. The topological polar surface area (TPSA) is 62.3 Å². The number of methoxy groups -OCH3 is 1. The van der Waals surface area contributed by atoms with Crippen molar-refractivity contribution in [1.82, 2.24) is 4.90 Å². The van der Waals surface area contributed by atoms with Crippen molar-refractivity contribution in [3.63, 3.8) is 0 Å². The fourth-order valence-corrected chi connectivity index (χ4v) is 5.59. The van der Waals surface area contributed by atoms with Gasteiger partial charge in [-0.25, -0.2) is 0 Å². The lowest BCUT2D eigenvalue weighted by molar-refractivity contribution is 0.0738. The van der Waals surface area contributed by atoms with Crippen LogP contribution in [0.5, 0.6) is 5.75 Å². The summed E-state index contributed by atoms with van der Waals surface area (Å²) in [6, 6.07) is 20.6. The first kappa shape index (κ1) is 24.3. The molecule has 0 radical (unpaired) electrons. The van der Waals surface area contributed by atoms with E-state index >= 15 is 0 Å². The largest absolute Gasteiger partial charge is 0.497 e. The fraction of sp³-hybridized carbons (Fsp3) is 0.323. The highest BCUT2D eigenvalue weighted by atomic mass is 19.1. The van der Waals surface area contributed by atoms with Crippen molar-refractivity contribution in [2.24, 2.45) is 5.92 Å². The second-order valence-electron chi connectivity index (χ2n) is 10.1. The maximum absolute atomic E-state index is 12.8. The van der Waals surface area contributed by atoms with Crippen LogP contribution in [0.25, 0.3) is 11.1 Å². The van der Waals surface area contributed by atoms with Crippen LogP contribution in [-0.4, -0.2) is 37.5 Å². The number of nitrogens with zero attached hydrogens (tertiary/aromatic N) is 1. The third-order valence-electron chi connectivity index (χ3n) is 7.52. The van der Waals surface area contributed by atoms with Crippen LogP contribution >= 0.6 is 0 Å². The number of halogens is 1. The molecule has 0 aromatic heterocycles. The van der Waals surface area contributed by atoms with Gasteiger partial charge in [0, 0.05) is 42.4 Å². The molecule has 1 heterocycles. The van der Waals surface area contributed by atoms with Crippen molar-refractivity contribution in [2.45, 2.75) is 32.7 Å². The standard InChI is InChI=1S/C31H34FN3O/c1-20-6-3-4-8-25(20)27-9-5-7-23-15-24(36-2)11-13-26(23)30(27)31(34)28-12-10-21(14-29(28)33)17-35-18-22(16-32)19-35/h3-4,6,8,10-15,22,34H,5,7,9,16-19,33H2,1-2H3. The normalized spacial score (nSPS) is 16.3. The Labute approximate surface area is 213 Å². The number of nitrogens with one attached hydrogen (secondary N) is 1. The quantitative estimate of drug-likeness (QED) is 0.306. The minimum absolute atomic E-state index is 0.163. The number of benzene rings is 3. The summed E-state index contributed by atoms with van der Waals surface area (Å²) >= 11 is 0. The maximum atomic E-state index is 12.8.